The largest absolute Gasteiger partial charge is 0.480 e. The third-order valence-corrected chi connectivity index (χ3v) is 6.35. The SMILES string of the molecule is O=C(O)CN1C[C@@H]2[C@H](CNC(=O)c3ccc4c(c3)OCO4)[C@H]3CC[C@]2(C1)O3. The summed E-state index contributed by atoms with van der Waals surface area (Å²) in [5.41, 5.74) is 0.311. The first kappa shape index (κ1) is 16.8. The standard InChI is InChI=1S/C19H22N2O6/c22-17(23)8-21-7-13-12(14-3-4-19(13,9-21)27-14)6-20-18(24)11-1-2-15-16(5-11)26-10-25-15/h1-2,5,12-14H,3-4,6-10H2,(H,20,24)(H,22,23)/t12-,13+,14+,19+/m0/s1. The number of nitrogens with zero attached hydrogens (tertiary/aromatic N) is 1. The van der Waals surface area contributed by atoms with Gasteiger partial charge in [-0.05, 0) is 31.0 Å². The average molecular weight is 374 g/mol. The Bertz CT molecular complexity index is 798. The number of likely N-dealkylation sites (tertiary alicyclic amines) is 1. The molecule has 2 bridgehead atoms. The number of amides is 1. The highest BCUT2D eigenvalue weighted by Gasteiger charge is 2.62. The van der Waals surface area contributed by atoms with E-state index in [4.69, 9.17) is 19.3 Å². The zero-order valence-electron chi connectivity index (χ0n) is 14.8. The van der Waals surface area contributed by atoms with Crippen LogP contribution < -0.4 is 14.8 Å². The molecular formula is C19H22N2O6. The number of aliphatic carboxylic acids is 1. The molecule has 0 saturated carbocycles. The number of carboxylic acids is 1. The summed E-state index contributed by atoms with van der Waals surface area (Å²) in [7, 11) is 0. The molecule has 27 heavy (non-hydrogen) atoms. The van der Waals surface area contributed by atoms with Gasteiger partial charge < -0.3 is 24.6 Å². The van der Waals surface area contributed by atoms with Gasteiger partial charge in [0.25, 0.3) is 5.91 Å². The predicted molar refractivity (Wildman–Crippen MR) is 92.8 cm³/mol. The molecule has 0 radical (unpaired) electrons. The molecule has 8 heteroatoms. The Labute approximate surface area is 156 Å². The van der Waals surface area contributed by atoms with Gasteiger partial charge >= 0.3 is 5.97 Å². The maximum Gasteiger partial charge on any atom is 0.317 e. The van der Waals surface area contributed by atoms with Crippen LogP contribution in [0.3, 0.4) is 0 Å². The van der Waals surface area contributed by atoms with Gasteiger partial charge in [0.05, 0.1) is 18.2 Å². The molecule has 5 rings (SSSR count). The second kappa shape index (κ2) is 6.10. The summed E-state index contributed by atoms with van der Waals surface area (Å²) in [6.07, 6.45) is 2.10. The van der Waals surface area contributed by atoms with E-state index in [1.807, 2.05) is 4.90 Å². The van der Waals surface area contributed by atoms with E-state index in [0.717, 1.165) is 12.8 Å². The Kier molecular flexibility index (Phi) is 3.80. The number of hydrogen-bond donors (Lipinski definition) is 2. The summed E-state index contributed by atoms with van der Waals surface area (Å²) in [5, 5.41) is 12.1. The van der Waals surface area contributed by atoms with E-state index in [9.17, 15) is 9.59 Å². The number of fused-ring (bicyclic) bond motifs is 2. The minimum Gasteiger partial charge on any atom is -0.480 e. The van der Waals surface area contributed by atoms with E-state index in [2.05, 4.69) is 5.32 Å². The molecule has 4 aliphatic rings. The molecule has 8 nitrogen and oxygen atoms in total. The molecule has 3 saturated heterocycles. The Morgan fingerprint density at radius 3 is 3.00 bits per heavy atom. The third-order valence-electron chi connectivity index (χ3n) is 6.35. The molecule has 0 aromatic heterocycles. The first-order valence-corrected chi connectivity index (χ1v) is 9.34. The molecule has 1 amide bonds. The number of nitrogens with one attached hydrogen (secondary N) is 1. The number of ether oxygens (including phenoxy) is 3. The lowest BCUT2D eigenvalue weighted by molar-refractivity contribution is -0.138. The molecule has 0 unspecified atom stereocenters. The van der Waals surface area contributed by atoms with Gasteiger partial charge in [0.15, 0.2) is 11.5 Å². The zero-order chi connectivity index (χ0) is 18.6. The van der Waals surface area contributed by atoms with Crippen LogP contribution in [0, 0.1) is 11.8 Å². The zero-order valence-corrected chi connectivity index (χ0v) is 14.8. The highest BCUT2D eigenvalue weighted by Crippen LogP contribution is 2.54. The molecular weight excluding hydrogens is 352 g/mol. The van der Waals surface area contributed by atoms with Gasteiger partial charge in [-0.3, -0.25) is 14.5 Å². The van der Waals surface area contributed by atoms with Crippen molar-refractivity contribution in [1.82, 2.24) is 10.2 Å². The minimum absolute atomic E-state index is 0.0442. The van der Waals surface area contributed by atoms with E-state index in [-0.39, 0.29) is 42.8 Å². The van der Waals surface area contributed by atoms with Crippen molar-refractivity contribution in [3.8, 4) is 11.5 Å². The molecule has 4 heterocycles. The number of rotatable bonds is 5. The Morgan fingerprint density at radius 1 is 1.30 bits per heavy atom. The van der Waals surface area contributed by atoms with Crippen molar-refractivity contribution in [2.24, 2.45) is 11.8 Å². The lowest BCUT2D eigenvalue weighted by Crippen LogP contribution is -2.41. The van der Waals surface area contributed by atoms with Crippen molar-refractivity contribution in [1.29, 1.82) is 0 Å². The predicted octanol–water partition coefficient (Wildman–Crippen LogP) is 0.709. The lowest BCUT2D eigenvalue weighted by Gasteiger charge is -2.29. The van der Waals surface area contributed by atoms with Crippen LogP contribution in [0.2, 0.25) is 0 Å². The maximum atomic E-state index is 12.6. The molecule has 4 aliphatic heterocycles. The number of carboxylic acid groups (broad SMARTS) is 1. The van der Waals surface area contributed by atoms with Crippen LogP contribution in [0.1, 0.15) is 23.2 Å². The number of carbonyl (C=O) groups excluding carboxylic acids is 1. The molecule has 1 spiro atoms. The highest BCUT2D eigenvalue weighted by molar-refractivity contribution is 5.94. The van der Waals surface area contributed by atoms with Gasteiger partial charge in [-0.15, -0.1) is 0 Å². The summed E-state index contributed by atoms with van der Waals surface area (Å²) >= 11 is 0. The smallest absolute Gasteiger partial charge is 0.317 e. The average Bonchev–Trinajstić information content (AvgIpc) is 3.37. The van der Waals surface area contributed by atoms with Gasteiger partial charge in [0.2, 0.25) is 6.79 Å². The van der Waals surface area contributed by atoms with Crippen molar-refractivity contribution < 1.29 is 28.9 Å². The van der Waals surface area contributed by atoms with Gasteiger partial charge in [-0.1, -0.05) is 0 Å². The molecule has 144 valence electrons. The fourth-order valence-corrected chi connectivity index (χ4v) is 5.22. The molecule has 3 fully saturated rings. The summed E-state index contributed by atoms with van der Waals surface area (Å²) in [4.78, 5) is 25.6. The highest BCUT2D eigenvalue weighted by atomic mass is 16.7. The quantitative estimate of drug-likeness (QED) is 0.783. The molecule has 2 N–H and O–H groups in total. The van der Waals surface area contributed by atoms with E-state index in [1.54, 1.807) is 18.2 Å². The molecule has 4 atom stereocenters. The number of hydrogen-bond acceptors (Lipinski definition) is 6. The van der Waals surface area contributed by atoms with Crippen LogP contribution in [0.5, 0.6) is 11.5 Å². The monoisotopic (exact) mass is 374 g/mol. The molecule has 1 aromatic carbocycles. The fourth-order valence-electron chi connectivity index (χ4n) is 5.22. The summed E-state index contributed by atoms with van der Waals surface area (Å²) in [5.74, 6) is 0.770. The lowest BCUT2D eigenvalue weighted by atomic mass is 9.73. The summed E-state index contributed by atoms with van der Waals surface area (Å²) < 4.78 is 16.9. The van der Waals surface area contributed by atoms with Crippen molar-refractivity contribution in [3.05, 3.63) is 23.8 Å². The van der Waals surface area contributed by atoms with Gasteiger partial charge in [-0.25, -0.2) is 0 Å². The van der Waals surface area contributed by atoms with Crippen molar-refractivity contribution in [2.75, 3.05) is 33.0 Å². The van der Waals surface area contributed by atoms with Crippen LogP contribution in [-0.4, -0.2) is 66.6 Å². The summed E-state index contributed by atoms with van der Waals surface area (Å²) in [6, 6.07) is 5.17. The van der Waals surface area contributed by atoms with E-state index in [1.165, 1.54) is 0 Å². The van der Waals surface area contributed by atoms with E-state index >= 15 is 0 Å². The molecule has 0 aliphatic carbocycles. The first-order chi connectivity index (χ1) is 13.0. The topological polar surface area (TPSA) is 97.3 Å². The van der Waals surface area contributed by atoms with Crippen molar-refractivity contribution >= 4 is 11.9 Å². The number of carbonyl (C=O) groups is 2. The first-order valence-electron chi connectivity index (χ1n) is 9.34. The van der Waals surface area contributed by atoms with Crippen molar-refractivity contribution in [3.63, 3.8) is 0 Å². The second-order valence-electron chi connectivity index (χ2n) is 7.87. The Hall–Kier alpha value is -2.32. The second-order valence-corrected chi connectivity index (χ2v) is 7.87. The van der Waals surface area contributed by atoms with E-state index in [0.29, 0.717) is 36.7 Å². The maximum absolute atomic E-state index is 12.6. The normalized spacial score (nSPS) is 33.3. The molecule has 1 aromatic rings. The Balaban J connectivity index is 1.25. The van der Waals surface area contributed by atoms with Gasteiger partial charge in [0, 0.05) is 37.0 Å². The Morgan fingerprint density at radius 2 is 2.15 bits per heavy atom. The van der Waals surface area contributed by atoms with Gasteiger partial charge in [0.1, 0.15) is 0 Å². The van der Waals surface area contributed by atoms with Crippen LogP contribution in [0.15, 0.2) is 18.2 Å². The fraction of sp³-hybridized carbons (Fsp3) is 0.579. The van der Waals surface area contributed by atoms with Crippen molar-refractivity contribution in [2.45, 2.75) is 24.5 Å². The van der Waals surface area contributed by atoms with Gasteiger partial charge in [-0.2, -0.15) is 0 Å². The van der Waals surface area contributed by atoms with E-state index < -0.39 is 5.97 Å². The third kappa shape index (κ3) is 2.74. The number of benzene rings is 1. The summed E-state index contributed by atoms with van der Waals surface area (Å²) in [6.45, 7) is 2.15. The minimum atomic E-state index is -0.811. The van der Waals surface area contributed by atoms with Crippen LogP contribution in [-0.2, 0) is 9.53 Å². The van der Waals surface area contributed by atoms with Crippen LogP contribution in [0.25, 0.3) is 0 Å². The van der Waals surface area contributed by atoms with Crippen LogP contribution in [0.4, 0.5) is 0 Å². The van der Waals surface area contributed by atoms with Crippen LogP contribution >= 0.6 is 0 Å².